The van der Waals surface area contributed by atoms with Crippen LogP contribution in [-0.4, -0.2) is 15.9 Å². The molecule has 0 aliphatic carbocycles. The van der Waals surface area contributed by atoms with E-state index in [9.17, 15) is 0 Å². The summed E-state index contributed by atoms with van der Waals surface area (Å²) in [6, 6.07) is 16.5. The van der Waals surface area contributed by atoms with Gasteiger partial charge in [0, 0.05) is 0 Å². The third-order valence-corrected chi connectivity index (χ3v) is 3.54. The van der Waals surface area contributed by atoms with Gasteiger partial charge in [-0.25, -0.2) is 9.66 Å². The SMILES string of the molecule is CC(C)(C)c1ccc(/C=N\n2cnc3ccccc32)cc1. The van der Waals surface area contributed by atoms with Gasteiger partial charge in [0.05, 0.1) is 17.2 Å². The van der Waals surface area contributed by atoms with E-state index in [0.29, 0.717) is 0 Å². The Hall–Kier alpha value is -2.42. The molecule has 3 rings (SSSR count). The molecule has 0 aliphatic heterocycles. The van der Waals surface area contributed by atoms with E-state index < -0.39 is 0 Å². The molecule has 1 heterocycles. The van der Waals surface area contributed by atoms with Crippen LogP contribution in [-0.2, 0) is 5.41 Å². The molecule has 0 aliphatic rings. The second-order valence-electron chi connectivity index (χ2n) is 6.19. The summed E-state index contributed by atoms with van der Waals surface area (Å²) >= 11 is 0. The lowest BCUT2D eigenvalue weighted by Crippen LogP contribution is -2.10. The van der Waals surface area contributed by atoms with E-state index in [1.807, 2.05) is 30.5 Å². The lowest BCUT2D eigenvalue weighted by molar-refractivity contribution is 0.590. The number of hydrogen-bond donors (Lipinski definition) is 0. The molecule has 3 nitrogen and oxygen atoms in total. The van der Waals surface area contributed by atoms with Gasteiger partial charge in [0.25, 0.3) is 0 Å². The highest BCUT2D eigenvalue weighted by Gasteiger charge is 2.12. The van der Waals surface area contributed by atoms with Crippen molar-refractivity contribution in [1.82, 2.24) is 9.66 Å². The fraction of sp³-hybridized carbons (Fsp3) is 0.222. The molecular weight excluding hydrogens is 258 g/mol. The molecule has 3 heteroatoms. The van der Waals surface area contributed by atoms with Crippen molar-refractivity contribution in [1.29, 1.82) is 0 Å². The van der Waals surface area contributed by atoms with E-state index in [4.69, 9.17) is 0 Å². The molecule has 0 saturated heterocycles. The molecule has 0 N–H and O–H groups in total. The average molecular weight is 277 g/mol. The minimum Gasteiger partial charge on any atom is -0.235 e. The molecule has 2 aromatic carbocycles. The van der Waals surface area contributed by atoms with E-state index >= 15 is 0 Å². The van der Waals surface area contributed by atoms with Crippen molar-refractivity contribution in [3.05, 3.63) is 66.0 Å². The zero-order chi connectivity index (χ0) is 14.9. The minimum atomic E-state index is 0.177. The Morgan fingerprint density at radius 1 is 1.00 bits per heavy atom. The van der Waals surface area contributed by atoms with Gasteiger partial charge in [0.15, 0.2) is 0 Å². The van der Waals surface area contributed by atoms with Gasteiger partial charge in [-0.05, 0) is 28.7 Å². The Bertz CT molecular complexity index is 774. The normalized spacial score (nSPS) is 12.3. The maximum Gasteiger partial charge on any atom is 0.118 e. The molecule has 0 saturated carbocycles. The summed E-state index contributed by atoms with van der Waals surface area (Å²) in [5.74, 6) is 0. The summed E-state index contributed by atoms with van der Waals surface area (Å²) in [5.41, 5.74) is 4.56. The van der Waals surface area contributed by atoms with Crippen molar-refractivity contribution in [3.63, 3.8) is 0 Å². The Labute approximate surface area is 124 Å². The Morgan fingerprint density at radius 3 is 2.43 bits per heavy atom. The van der Waals surface area contributed by atoms with Gasteiger partial charge in [-0.15, -0.1) is 0 Å². The zero-order valence-electron chi connectivity index (χ0n) is 12.6. The first-order chi connectivity index (χ1) is 10.0. The van der Waals surface area contributed by atoms with Gasteiger partial charge in [-0.1, -0.05) is 57.2 Å². The summed E-state index contributed by atoms with van der Waals surface area (Å²) in [6.07, 6.45) is 3.60. The molecule has 3 aromatic rings. The highest BCUT2D eigenvalue weighted by molar-refractivity contribution is 5.81. The van der Waals surface area contributed by atoms with Crippen LogP contribution < -0.4 is 0 Å². The number of hydrogen-bond acceptors (Lipinski definition) is 2. The van der Waals surface area contributed by atoms with Crippen molar-refractivity contribution < 1.29 is 0 Å². The van der Waals surface area contributed by atoms with Crippen LogP contribution in [0.1, 0.15) is 31.9 Å². The molecule has 0 atom stereocenters. The number of nitrogens with zero attached hydrogens (tertiary/aromatic N) is 3. The van der Waals surface area contributed by atoms with E-state index in [1.54, 1.807) is 11.0 Å². The van der Waals surface area contributed by atoms with Crippen molar-refractivity contribution in [2.75, 3.05) is 0 Å². The zero-order valence-corrected chi connectivity index (χ0v) is 12.6. The maximum absolute atomic E-state index is 4.49. The average Bonchev–Trinajstić information content (AvgIpc) is 2.88. The number of imidazole rings is 1. The number of rotatable bonds is 2. The van der Waals surface area contributed by atoms with Gasteiger partial charge in [-0.3, -0.25) is 0 Å². The minimum absolute atomic E-state index is 0.177. The summed E-state index contributed by atoms with van der Waals surface area (Å²) in [4.78, 5) is 4.33. The predicted octanol–water partition coefficient (Wildman–Crippen LogP) is 4.22. The smallest absolute Gasteiger partial charge is 0.118 e. The fourth-order valence-electron chi connectivity index (χ4n) is 2.24. The van der Waals surface area contributed by atoms with Crippen molar-refractivity contribution in [2.24, 2.45) is 5.10 Å². The van der Waals surface area contributed by atoms with Crippen molar-refractivity contribution >= 4 is 17.2 Å². The first-order valence-electron chi connectivity index (χ1n) is 7.11. The Kier molecular flexibility index (Phi) is 3.34. The highest BCUT2D eigenvalue weighted by atomic mass is 15.4. The van der Waals surface area contributed by atoms with Crippen LogP contribution in [0.5, 0.6) is 0 Å². The molecule has 1 aromatic heterocycles. The molecule has 21 heavy (non-hydrogen) atoms. The largest absolute Gasteiger partial charge is 0.235 e. The lowest BCUT2D eigenvalue weighted by atomic mass is 9.87. The van der Waals surface area contributed by atoms with Crippen LogP contribution in [0.2, 0.25) is 0 Å². The molecule has 0 spiro atoms. The van der Waals surface area contributed by atoms with Crippen molar-refractivity contribution in [3.8, 4) is 0 Å². The van der Waals surface area contributed by atoms with Crippen LogP contribution in [0.25, 0.3) is 11.0 Å². The summed E-state index contributed by atoms with van der Waals surface area (Å²) in [7, 11) is 0. The van der Waals surface area contributed by atoms with Crippen LogP contribution in [0.3, 0.4) is 0 Å². The summed E-state index contributed by atoms with van der Waals surface area (Å²) in [5, 5.41) is 4.49. The summed E-state index contributed by atoms with van der Waals surface area (Å²) < 4.78 is 1.80. The maximum atomic E-state index is 4.49. The Morgan fingerprint density at radius 2 is 1.71 bits per heavy atom. The molecule has 106 valence electrons. The number of aromatic nitrogens is 2. The van der Waals surface area contributed by atoms with E-state index in [0.717, 1.165) is 16.6 Å². The van der Waals surface area contributed by atoms with E-state index in [-0.39, 0.29) is 5.41 Å². The third kappa shape index (κ3) is 2.87. The van der Waals surface area contributed by atoms with Gasteiger partial charge < -0.3 is 0 Å². The van der Waals surface area contributed by atoms with E-state index in [1.165, 1.54) is 5.56 Å². The Balaban J connectivity index is 1.86. The second-order valence-corrected chi connectivity index (χ2v) is 6.19. The van der Waals surface area contributed by atoms with Gasteiger partial charge in [-0.2, -0.15) is 5.10 Å². The quantitative estimate of drug-likeness (QED) is 0.645. The van der Waals surface area contributed by atoms with Crippen LogP contribution >= 0.6 is 0 Å². The standard InChI is InChI=1S/C18H19N3/c1-18(2,3)15-10-8-14(9-11-15)12-20-21-13-19-16-6-4-5-7-17(16)21/h4-13H,1-3H3/b20-12-. The second kappa shape index (κ2) is 5.17. The van der Waals surface area contributed by atoms with Crippen LogP contribution in [0.15, 0.2) is 60.0 Å². The first kappa shape index (κ1) is 13.6. The molecular formula is C18H19N3. The van der Waals surface area contributed by atoms with Gasteiger partial charge in [0.2, 0.25) is 0 Å². The number of benzene rings is 2. The van der Waals surface area contributed by atoms with E-state index in [2.05, 4.69) is 55.1 Å². The number of fused-ring (bicyclic) bond motifs is 1. The predicted molar refractivity (Wildman–Crippen MR) is 87.9 cm³/mol. The molecule has 0 bridgehead atoms. The molecule has 0 fully saturated rings. The van der Waals surface area contributed by atoms with Crippen LogP contribution in [0.4, 0.5) is 0 Å². The molecule has 0 unspecified atom stereocenters. The third-order valence-electron chi connectivity index (χ3n) is 3.54. The topological polar surface area (TPSA) is 30.2 Å². The van der Waals surface area contributed by atoms with Gasteiger partial charge >= 0.3 is 0 Å². The van der Waals surface area contributed by atoms with Gasteiger partial charge in [0.1, 0.15) is 6.33 Å². The molecule has 0 radical (unpaired) electrons. The van der Waals surface area contributed by atoms with Crippen molar-refractivity contribution in [2.45, 2.75) is 26.2 Å². The fourth-order valence-corrected chi connectivity index (χ4v) is 2.24. The highest BCUT2D eigenvalue weighted by Crippen LogP contribution is 2.21. The number of para-hydroxylation sites is 2. The first-order valence-corrected chi connectivity index (χ1v) is 7.11. The lowest BCUT2D eigenvalue weighted by Gasteiger charge is -2.18. The molecule has 0 amide bonds. The summed E-state index contributed by atoms with van der Waals surface area (Å²) in [6.45, 7) is 6.65. The monoisotopic (exact) mass is 277 g/mol. The van der Waals surface area contributed by atoms with Crippen LogP contribution in [0, 0.1) is 0 Å².